The topological polar surface area (TPSA) is 97.8 Å². The number of furan rings is 1. The molecular weight excluding hydrogens is 353 g/mol. The lowest BCUT2D eigenvalue weighted by atomic mass is 10.2. The van der Waals surface area contributed by atoms with Crippen molar-refractivity contribution in [3.63, 3.8) is 0 Å². The molecule has 0 atom stereocenters. The van der Waals surface area contributed by atoms with Gasteiger partial charge < -0.3 is 25.1 Å². The third-order valence-electron chi connectivity index (χ3n) is 3.71. The van der Waals surface area contributed by atoms with Gasteiger partial charge in [-0.2, -0.15) is 0 Å². The Morgan fingerprint density at radius 3 is 2.52 bits per heavy atom. The summed E-state index contributed by atoms with van der Waals surface area (Å²) in [5.41, 5.74) is 5.91. The molecule has 2 heterocycles. The second-order valence-electron chi connectivity index (χ2n) is 5.37. The van der Waals surface area contributed by atoms with Gasteiger partial charge in [0, 0.05) is 19.2 Å². The molecule has 0 radical (unpaired) electrons. The van der Waals surface area contributed by atoms with E-state index in [2.05, 4.69) is 5.32 Å². The summed E-state index contributed by atoms with van der Waals surface area (Å²) in [5.74, 6) is -2.33. The first-order chi connectivity index (χ1) is 12.0. The molecule has 0 unspecified atom stereocenters. The highest BCUT2D eigenvalue weighted by Gasteiger charge is 2.21. The summed E-state index contributed by atoms with van der Waals surface area (Å²) in [7, 11) is 0. The van der Waals surface area contributed by atoms with Crippen molar-refractivity contribution in [1.29, 1.82) is 0 Å². The first kappa shape index (κ1) is 17.2. The first-order valence-electron chi connectivity index (χ1n) is 7.48. The minimum absolute atomic E-state index is 0.0477. The summed E-state index contributed by atoms with van der Waals surface area (Å²) < 4.78 is 24.3. The van der Waals surface area contributed by atoms with E-state index in [1.165, 1.54) is 18.2 Å². The van der Waals surface area contributed by atoms with Crippen LogP contribution < -0.4 is 16.0 Å². The predicted octanol–water partition coefficient (Wildman–Crippen LogP) is 2.26. The molecule has 0 aliphatic carbocycles. The first-order valence-corrected chi connectivity index (χ1v) is 7.86. The van der Waals surface area contributed by atoms with Gasteiger partial charge in [0.25, 0.3) is 11.8 Å². The molecule has 3 rings (SSSR count). The van der Waals surface area contributed by atoms with Crippen molar-refractivity contribution in [3.05, 3.63) is 46.6 Å². The summed E-state index contributed by atoms with van der Waals surface area (Å²) in [4.78, 5) is 25.3. The Kier molecular flexibility index (Phi) is 4.91. The number of benzene rings is 1. The van der Waals surface area contributed by atoms with E-state index in [9.17, 15) is 14.0 Å². The lowest BCUT2D eigenvalue weighted by Crippen LogP contribution is -2.36. The van der Waals surface area contributed by atoms with Crippen LogP contribution in [0.15, 0.2) is 28.7 Å². The van der Waals surface area contributed by atoms with E-state index < -0.39 is 17.6 Å². The number of ether oxygens (including phenoxy) is 1. The zero-order valence-electron chi connectivity index (χ0n) is 13.1. The van der Waals surface area contributed by atoms with Crippen molar-refractivity contribution in [1.82, 2.24) is 0 Å². The van der Waals surface area contributed by atoms with Crippen LogP contribution in [-0.4, -0.2) is 38.1 Å². The normalized spacial score (nSPS) is 14.4. The number of halogens is 2. The quantitative estimate of drug-likeness (QED) is 0.863. The number of primary amides is 1. The molecule has 0 bridgehead atoms. The number of nitrogens with one attached hydrogen (secondary N) is 1. The number of hydrogen-bond donors (Lipinski definition) is 2. The molecule has 1 aliphatic rings. The average Bonchev–Trinajstić information content (AvgIpc) is 3.09. The number of morpholine rings is 1. The van der Waals surface area contributed by atoms with Crippen LogP contribution in [-0.2, 0) is 4.74 Å². The SMILES string of the molecule is NC(=O)c1ccc(C(=O)Nc2cc(F)c(Cl)cc2N2CCOCC2)o1. The van der Waals surface area contributed by atoms with E-state index in [-0.39, 0.29) is 22.2 Å². The maximum atomic E-state index is 13.9. The van der Waals surface area contributed by atoms with Gasteiger partial charge in [-0.25, -0.2) is 4.39 Å². The number of nitrogens with zero attached hydrogens (tertiary/aromatic N) is 1. The zero-order valence-corrected chi connectivity index (χ0v) is 13.8. The Balaban J connectivity index is 1.88. The maximum absolute atomic E-state index is 13.9. The van der Waals surface area contributed by atoms with Crippen LogP contribution in [0.1, 0.15) is 21.1 Å². The van der Waals surface area contributed by atoms with Crippen LogP contribution >= 0.6 is 11.6 Å². The molecule has 2 aromatic rings. The third-order valence-corrected chi connectivity index (χ3v) is 4.00. The highest BCUT2D eigenvalue weighted by Crippen LogP contribution is 2.32. The van der Waals surface area contributed by atoms with Crippen LogP contribution in [0.5, 0.6) is 0 Å². The van der Waals surface area contributed by atoms with E-state index in [0.717, 1.165) is 6.07 Å². The van der Waals surface area contributed by atoms with Crippen molar-refractivity contribution in [2.24, 2.45) is 5.73 Å². The van der Waals surface area contributed by atoms with Gasteiger partial charge in [0.1, 0.15) is 5.82 Å². The van der Waals surface area contributed by atoms with Crippen LogP contribution in [0.4, 0.5) is 15.8 Å². The molecule has 7 nitrogen and oxygen atoms in total. The number of hydrogen-bond acceptors (Lipinski definition) is 5. The van der Waals surface area contributed by atoms with E-state index in [1.807, 2.05) is 4.90 Å². The Morgan fingerprint density at radius 1 is 1.20 bits per heavy atom. The smallest absolute Gasteiger partial charge is 0.291 e. The molecule has 0 spiro atoms. The monoisotopic (exact) mass is 367 g/mol. The Hall–Kier alpha value is -2.58. The minimum Gasteiger partial charge on any atom is -0.446 e. The van der Waals surface area contributed by atoms with Crippen LogP contribution in [0.25, 0.3) is 0 Å². The van der Waals surface area contributed by atoms with Crippen molar-refractivity contribution in [2.75, 3.05) is 36.5 Å². The van der Waals surface area contributed by atoms with Gasteiger partial charge in [-0.1, -0.05) is 11.6 Å². The number of carbonyl (C=O) groups excluding carboxylic acids is 2. The summed E-state index contributed by atoms with van der Waals surface area (Å²) in [6, 6.07) is 5.20. The van der Waals surface area contributed by atoms with E-state index in [1.54, 1.807) is 0 Å². The summed E-state index contributed by atoms with van der Waals surface area (Å²) in [6.45, 7) is 2.19. The zero-order chi connectivity index (χ0) is 18.0. The number of carbonyl (C=O) groups is 2. The Labute approximate surface area is 147 Å². The van der Waals surface area contributed by atoms with Gasteiger partial charge in [-0.05, 0) is 18.2 Å². The summed E-state index contributed by atoms with van der Waals surface area (Å²) >= 11 is 5.88. The Morgan fingerprint density at radius 2 is 1.88 bits per heavy atom. The molecule has 1 aromatic heterocycles. The second-order valence-corrected chi connectivity index (χ2v) is 5.77. The van der Waals surface area contributed by atoms with Gasteiger partial charge >= 0.3 is 0 Å². The Bertz CT molecular complexity index is 818. The third kappa shape index (κ3) is 3.75. The van der Waals surface area contributed by atoms with Crippen molar-refractivity contribution in [2.45, 2.75) is 0 Å². The molecule has 1 fully saturated rings. The van der Waals surface area contributed by atoms with Crippen LogP contribution in [0.2, 0.25) is 5.02 Å². The highest BCUT2D eigenvalue weighted by atomic mass is 35.5. The van der Waals surface area contributed by atoms with E-state index in [0.29, 0.717) is 32.0 Å². The van der Waals surface area contributed by atoms with Gasteiger partial charge in [0.15, 0.2) is 11.5 Å². The maximum Gasteiger partial charge on any atom is 0.291 e. The molecule has 3 N–H and O–H groups in total. The molecule has 0 saturated carbocycles. The molecule has 25 heavy (non-hydrogen) atoms. The standard InChI is InChI=1S/C16H15ClFN3O4/c17-9-7-12(21-3-5-24-6-4-21)11(8-10(9)18)20-16(23)14-2-1-13(25-14)15(19)22/h1-2,7-8H,3-6H2,(H2,19,22)(H,20,23). The van der Waals surface area contributed by atoms with Gasteiger partial charge in [-0.15, -0.1) is 0 Å². The fraction of sp³-hybridized carbons (Fsp3) is 0.250. The summed E-state index contributed by atoms with van der Waals surface area (Å²) in [5, 5.41) is 2.53. The number of amides is 2. The van der Waals surface area contributed by atoms with Crippen molar-refractivity contribution in [3.8, 4) is 0 Å². The average molecular weight is 368 g/mol. The fourth-order valence-electron chi connectivity index (χ4n) is 2.48. The van der Waals surface area contributed by atoms with Crippen LogP contribution in [0, 0.1) is 5.82 Å². The van der Waals surface area contributed by atoms with E-state index in [4.69, 9.17) is 26.5 Å². The van der Waals surface area contributed by atoms with Crippen molar-refractivity contribution < 1.29 is 23.1 Å². The number of rotatable bonds is 4. The fourth-order valence-corrected chi connectivity index (χ4v) is 2.64. The lowest BCUT2D eigenvalue weighted by Gasteiger charge is -2.30. The molecular formula is C16H15ClFN3O4. The number of anilines is 2. The van der Waals surface area contributed by atoms with E-state index >= 15 is 0 Å². The predicted molar refractivity (Wildman–Crippen MR) is 89.6 cm³/mol. The van der Waals surface area contributed by atoms with Gasteiger partial charge in [0.2, 0.25) is 0 Å². The second kappa shape index (κ2) is 7.12. The molecule has 1 aromatic carbocycles. The highest BCUT2D eigenvalue weighted by molar-refractivity contribution is 6.31. The molecule has 132 valence electrons. The molecule has 1 aliphatic heterocycles. The van der Waals surface area contributed by atoms with Gasteiger partial charge in [0.05, 0.1) is 29.6 Å². The minimum atomic E-state index is -0.786. The largest absolute Gasteiger partial charge is 0.446 e. The molecule has 2 amide bonds. The van der Waals surface area contributed by atoms with Crippen LogP contribution in [0.3, 0.4) is 0 Å². The number of nitrogens with two attached hydrogens (primary N) is 1. The molecule has 1 saturated heterocycles. The summed E-state index contributed by atoms with van der Waals surface area (Å²) in [6.07, 6.45) is 0. The lowest BCUT2D eigenvalue weighted by molar-refractivity contribution is 0.0960. The van der Waals surface area contributed by atoms with Gasteiger partial charge in [-0.3, -0.25) is 9.59 Å². The molecule has 9 heteroatoms. The van der Waals surface area contributed by atoms with Crippen molar-refractivity contribution >= 4 is 34.8 Å².